The van der Waals surface area contributed by atoms with Crippen molar-refractivity contribution in [3.05, 3.63) is 28.8 Å². The third-order valence-electron chi connectivity index (χ3n) is 5.14. The number of rotatable bonds is 12. The number of phosphoric acid groups is 1. The third-order valence-corrected chi connectivity index (χ3v) is 6.96. The van der Waals surface area contributed by atoms with Gasteiger partial charge in [0.2, 0.25) is 5.91 Å². The average Bonchev–Trinajstić information content (AvgIpc) is 2.66. The topological polar surface area (TPSA) is 131 Å². The number of phosphoric ester groups is 1. The van der Waals surface area contributed by atoms with E-state index in [-0.39, 0.29) is 23.0 Å². The number of nitrogens with one attached hydrogen (secondary N) is 1. The number of aryl methyl sites for hydroxylation is 1. The molecule has 9 nitrogen and oxygen atoms in total. The lowest BCUT2D eigenvalue weighted by Crippen LogP contribution is -2.44. The first-order valence-corrected chi connectivity index (χ1v) is 13.7. The quantitative estimate of drug-likeness (QED) is 0.304. The molecule has 36 heavy (non-hydrogen) atoms. The van der Waals surface area contributed by atoms with Crippen molar-refractivity contribution in [1.82, 2.24) is 5.32 Å². The number of benzene rings is 1. The van der Waals surface area contributed by atoms with Crippen molar-refractivity contribution in [2.75, 3.05) is 6.61 Å². The molecule has 1 aromatic carbocycles. The van der Waals surface area contributed by atoms with E-state index in [1.54, 1.807) is 27.7 Å². The molecule has 1 amide bonds. The van der Waals surface area contributed by atoms with Crippen molar-refractivity contribution in [3.8, 4) is 5.75 Å². The van der Waals surface area contributed by atoms with Gasteiger partial charge in [0.15, 0.2) is 6.04 Å². The molecule has 1 aromatic rings. The van der Waals surface area contributed by atoms with Crippen molar-refractivity contribution in [1.29, 1.82) is 0 Å². The molecule has 0 fully saturated rings. The minimum Gasteiger partial charge on any atom is -0.507 e. The summed E-state index contributed by atoms with van der Waals surface area (Å²) in [6.07, 6.45) is -0.594. The highest BCUT2D eigenvalue weighted by Crippen LogP contribution is 2.51. The Morgan fingerprint density at radius 1 is 0.944 bits per heavy atom. The summed E-state index contributed by atoms with van der Waals surface area (Å²) in [7, 11) is -4.02. The zero-order valence-electron chi connectivity index (χ0n) is 23.3. The Morgan fingerprint density at radius 3 is 1.75 bits per heavy atom. The van der Waals surface area contributed by atoms with Gasteiger partial charge in [-0.2, -0.15) is 0 Å². The number of phenols is 1. The molecule has 3 N–H and O–H groups in total. The van der Waals surface area contributed by atoms with Gasteiger partial charge < -0.3 is 15.5 Å². The van der Waals surface area contributed by atoms with Crippen LogP contribution in [0.3, 0.4) is 0 Å². The van der Waals surface area contributed by atoms with E-state index in [0.717, 1.165) is 16.7 Å². The number of carbonyl (C=O) groups is 2. The summed E-state index contributed by atoms with van der Waals surface area (Å²) in [6, 6.07) is 2.34. The fraction of sp³-hybridized carbons (Fsp3) is 0.692. The van der Waals surface area contributed by atoms with Crippen LogP contribution in [0.2, 0.25) is 0 Å². The van der Waals surface area contributed by atoms with Gasteiger partial charge in [-0.05, 0) is 61.6 Å². The second-order valence-corrected chi connectivity index (χ2v) is 13.1. The zero-order valence-corrected chi connectivity index (χ0v) is 24.2. The van der Waals surface area contributed by atoms with E-state index in [4.69, 9.17) is 13.6 Å². The van der Waals surface area contributed by atoms with Crippen LogP contribution in [0, 0.1) is 0 Å². The number of phenolic OH excluding ortho intramolecular Hbond substituents is 1. The highest BCUT2D eigenvalue weighted by Gasteiger charge is 2.33. The van der Waals surface area contributed by atoms with E-state index in [1.807, 2.05) is 53.7 Å². The SMILES string of the molecule is CC(C)OP(=O)(OCC(NC(=O)CCc1cc(C(C)(C)C)c(O)c(C(C)(C)C)c1)C(=O)O)OC(C)C. The summed E-state index contributed by atoms with van der Waals surface area (Å²) in [5.41, 5.74) is 1.82. The van der Waals surface area contributed by atoms with E-state index >= 15 is 0 Å². The van der Waals surface area contributed by atoms with E-state index < -0.39 is 44.6 Å². The van der Waals surface area contributed by atoms with Crippen LogP contribution in [-0.2, 0) is 45.0 Å². The van der Waals surface area contributed by atoms with Crippen molar-refractivity contribution >= 4 is 19.7 Å². The lowest BCUT2D eigenvalue weighted by atomic mass is 9.78. The van der Waals surface area contributed by atoms with Gasteiger partial charge in [-0.25, -0.2) is 9.36 Å². The highest BCUT2D eigenvalue weighted by molar-refractivity contribution is 7.48. The predicted octanol–water partition coefficient (Wildman–Crippen LogP) is 5.46. The molecule has 1 atom stereocenters. The maximum atomic E-state index is 12.8. The molecule has 0 bridgehead atoms. The summed E-state index contributed by atoms with van der Waals surface area (Å²) in [5.74, 6) is -1.58. The fourth-order valence-electron chi connectivity index (χ4n) is 3.45. The molecule has 0 saturated carbocycles. The summed E-state index contributed by atoms with van der Waals surface area (Å²) in [5, 5.41) is 22.9. The van der Waals surface area contributed by atoms with E-state index in [2.05, 4.69) is 5.32 Å². The summed E-state index contributed by atoms with van der Waals surface area (Å²) < 4.78 is 28.6. The number of carboxylic acid groups (broad SMARTS) is 1. The Balaban J connectivity index is 2.98. The monoisotopic (exact) mass is 529 g/mol. The van der Waals surface area contributed by atoms with Crippen LogP contribution in [0.4, 0.5) is 0 Å². The Labute approximate surface area is 215 Å². The number of aliphatic carboxylic acids is 1. The maximum absolute atomic E-state index is 12.8. The van der Waals surface area contributed by atoms with Crippen LogP contribution >= 0.6 is 7.82 Å². The van der Waals surface area contributed by atoms with E-state index in [0.29, 0.717) is 6.42 Å². The van der Waals surface area contributed by atoms with E-state index in [9.17, 15) is 24.4 Å². The molecule has 0 aromatic heterocycles. The first-order valence-electron chi connectivity index (χ1n) is 12.3. The zero-order chi connectivity index (χ0) is 28.1. The Morgan fingerprint density at radius 2 is 1.39 bits per heavy atom. The second kappa shape index (κ2) is 12.5. The van der Waals surface area contributed by atoms with Crippen LogP contribution in [0.25, 0.3) is 0 Å². The molecule has 1 unspecified atom stereocenters. The lowest BCUT2D eigenvalue weighted by molar-refractivity contribution is -0.142. The van der Waals surface area contributed by atoms with Crippen molar-refractivity contribution in [2.45, 2.75) is 111 Å². The van der Waals surface area contributed by atoms with Gasteiger partial charge in [0, 0.05) is 6.42 Å². The molecule has 0 radical (unpaired) electrons. The van der Waals surface area contributed by atoms with Crippen molar-refractivity contribution in [3.63, 3.8) is 0 Å². The van der Waals surface area contributed by atoms with Crippen LogP contribution in [0.5, 0.6) is 5.75 Å². The van der Waals surface area contributed by atoms with Gasteiger partial charge in [0.25, 0.3) is 0 Å². The largest absolute Gasteiger partial charge is 0.507 e. The van der Waals surface area contributed by atoms with Crippen molar-refractivity contribution in [2.24, 2.45) is 0 Å². The third kappa shape index (κ3) is 10.2. The Hall–Kier alpha value is -1.93. The molecule has 0 saturated heterocycles. The molecule has 0 aliphatic carbocycles. The number of amides is 1. The fourth-order valence-corrected chi connectivity index (χ4v) is 4.98. The standard InChI is InChI=1S/C26H44NO8P/c1-16(2)34-36(32,35-17(3)4)33-15-21(24(30)31)27-22(28)12-11-18-13-19(25(5,6)7)23(29)20(14-18)26(8,9)10/h13-14,16-17,21,29H,11-12,15H2,1-10H3,(H,27,28)(H,30,31). The predicted molar refractivity (Wildman–Crippen MR) is 139 cm³/mol. The molecule has 10 heteroatoms. The molecule has 0 aliphatic rings. The van der Waals surface area contributed by atoms with Crippen LogP contribution in [0.1, 0.15) is 92.3 Å². The van der Waals surface area contributed by atoms with Gasteiger partial charge in [-0.1, -0.05) is 53.7 Å². The maximum Gasteiger partial charge on any atom is 0.475 e. The number of hydrogen-bond acceptors (Lipinski definition) is 7. The normalized spacial score (nSPS) is 13.8. The first kappa shape index (κ1) is 32.1. The average molecular weight is 530 g/mol. The van der Waals surface area contributed by atoms with Gasteiger partial charge in [0.05, 0.1) is 18.8 Å². The molecule has 1 rings (SSSR count). The summed E-state index contributed by atoms with van der Waals surface area (Å²) in [6.45, 7) is 18.1. The molecule has 0 spiro atoms. The highest BCUT2D eigenvalue weighted by atomic mass is 31.2. The molecular weight excluding hydrogens is 485 g/mol. The molecule has 0 heterocycles. The van der Waals surface area contributed by atoms with Crippen LogP contribution in [-0.4, -0.2) is 46.9 Å². The van der Waals surface area contributed by atoms with Crippen LogP contribution in [0.15, 0.2) is 12.1 Å². The number of hydrogen-bond donors (Lipinski definition) is 3. The Kier molecular flexibility index (Phi) is 11.2. The first-order chi connectivity index (χ1) is 16.2. The molecular formula is C26H44NO8P. The van der Waals surface area contributed by atoms with Crippen molar-refractivity contribution < 1.29 is 37.9 Å². The lowest BCUT2D eigenvalue weighted by Gasteiger charge is -2.28. The number of carboxylic acids is 1. The molecule has 206 valence electrons. The smallest absolute Gasteiger partial charge is 0.475 e. The van der Waals surface area contributed by atoms with Gasteiger partial charge in [-0.3, -0.25) is 18.4 Å². The summed E-state index contributed by atoms with van der Waals surface area (Å²) in [4.78, 5) is 24.4. The van der Waals surface area contributed by atoms with E-state index in [1.165, 1.54) is 0 Å². The van der Waals surface area contributed by atoms with Crippen LogP contribution < -0.4 is 5.32 Å². The minimum absolute atomic E-state index is 0.0182. The minimum atomic E-state index is -4.02. The van der Waals surface area contributed by atoms with Gasteiger partial charge in [0.1, 0.15) is 5.75 Å². The molecule has 0 aliphatic heterocycles. The summed E-state index contributed by atoms with van der Waals surface area (Å²) >= 11 is 0. The van der Waals surface area contributed by atoms with Gasteiger partial charge >= 0.3 is 13.8 Å². The second-order valence-electron chi connectivity index (χ2n) is 11.5. The van der Waals surface area contributed by atoms with Gasteiger partial charge in [-0.15, -0.1) is 0 Å². The Bertz CT molecular complexity index is 911. The number of aromatic hydroxyl groups is 1. The number of carbonyl (C=O) groups excluding carboxylic acids is 1.